The molecular formula is C26H23Cl2FN4O5S2. The summed E-state index contributed by atoms with van der Waals surface area (Å²) >= 11 is 14.0. The molecule has 3 heterocycles. The van der Waals surface area contributed by atoms with E-state index in [4.69, 9.17) is 28.3 Å². The molecule has 0 radical (unpaired) electrons. The standard InChI is InChI=1S/C15H15ClFN3O3S2.C11H8ClNO2/c1-23-13(21)8-24-12-7-11(10(17)6-9(12)16)18-14-19-4-2-3-5-20(19)15(22)25-14;1-6-4-7-2-3-8(12)9(11(14)15)10(7)13-5-6/h6-7H,2-5,8H2,1H3;2-5H,1H3,(H,14,15)/b18-14-;. The number of esters is 1. The van der Waals surface area contributed by atoms with Gasteiger partial charge in [0.05, 0.1) is 28.4 Å². The highest BCUT2D eigenvalue weighted by atomic mass is 35.5. The van der Waals surface area contributed by atoms with Gasteiger partial charge >= 0.3 is 16.8 Å². The molecule has 0 bridgehead atoms. The van der Waals surface area contributed by atoms with E-state index in [-0.39, 0.29) is 31.9 Å². The highest BCUT2D eigenvalue weighted by Gasteiger charge is 2.16. The van der Waals surface area contributed by atoms with E-state index in [1.165, 1.54) is 13.2 Å². The van der Waals surface area contributed by atoms with Crippen molar-refractivity contribution in [2.75, 3.05) is 12.9 Å². The summed E-state index contributed by atoms with van der Waals surface area (Å²) in [7, 11) is 1.30. The highest BCUT2D eigenvalue weighted by molar-refractivity contribution is 8.00. The number of rotatable bonds is 5. The minimum atomic E-state index is -1.05. The monoisotopic (exact) mass is 624 g/mol. The van der Waals surface area contributed by atoms with Gasteiger partial charge in [-0.25, -0.2) is 18.9 Å². The van der Waals surface area contributed by atoms with Crippen molar-refractivity contribution in [3.05, 3.63) is 78.0 Å². The Kier molecular flexibility index (Phi) is 9.67. The number of carboxylic acids is 1. The van der Waals surface area contributed by atoms with E-state index in [2.05, 4.69) is 14.7 Å². The predicted molar refractivity (Wildman–Crippen MR) is 154 cm³/mol. The van der Waals surface area contributed by atoms with Gasteiger partial charge < -0.3 is 9.84 Å². The van der Waals surface area contributed by atoms with Crippen LogP contribution in [0.15, 0.2) is 51.2 Å². The van der Waals surface area contributed by atoms with Crippen molar-refractivity contribution in [1.82, 2.24) is 14.3 Å². The number of methoxy groups -OCH3 is 1. The quantitative estimate of drug-likeness (QED) is 0.224. The third kappa shape index (κ3) is 6.74. The predicted octanol–water partition coefficient (Wildman–Crippen LogP) is 5.69. The van der Waals surface area contributed by atoms with E-state index < -0.39 is 17.8 Å². The minimum absolute atomic E-state index is 0.0605. The molecule has 0 amide bonds. The Morgan fingerprint density at radius 2 is 1.90 bits per heavy atom. The second kappa shape index (κ2) is 13.0. The van der Waals surface area contributed by atoms with Crippen LogP contribution in [0.3, 0.4) is 0 Å². The SMILES string of the molecule is COC(=O)CSc1cc(/N=c2\sc(=O)n3n2CCCC3)c(F)cc1Cl.Cc1cnc2c(C(=O)O)c(Cl)ccc2c1. The van der Waals surface area contributed by atoms with Crippen LogP contribution in [0.4, 0.5) is 10.1 Å². The van der Waals surface area contributed by atoms with Crippen molar-refractivity contribution >= 4 is 74.8 Å². The molecule has 0 unspecified atom stereocenters. The van der Waals surface area contributed by atoms with Gasteiger partial charge in [-0.05, 0) is 60.9 Å². The molecule has 2 aromatic heterocycles. The Morgan fingerprint density at radius 3 is 2.60 bits per heavy atom. The maximum atomic E-state index is 14.3. The zero-order valence-corrected chi connectivity index (χ0v) is 24.5. The number of carbonyl (C=O) groups excluding carboxylic acids is 1. The smallest absolute Gasteiger partial charge is 0.339 e. The average Bonchev–Trinajstić information content (AvgIpc) is 3.24. The number of pyridine rings is 1. The number of hydrogen-bond acceptors (Lipinski definition) is 8. The summed E-state index contributed by atoms with van der Waals surface area (Å²) in [5.74, 6) is -1.98. The van der Waals surface area contributed by atoms with Gasteiger partial charge in [0.15, 0.2) is 0 Å². The van der Waals surface area contributed by atoms with Crippen molar-refractivity contribution in [2.24, 2.45) is 4.99 Å². The molecule has 40 heavy (non-hydrogen) atoms. The van der Waals surface area contributed by atoms with Crippen LogP contribution in [-0.4, -0.2) is 44.3 Å². The second-order valence-electron chi connectivity index (χ2n) is 8.63. The van der Waals surface area contributed by atoms with E-state index in [0.717, 1.165) is 53.0 Å². The van der Waals surface area contributed by atoms with E-state index >= 15 is 0 Å². The van der Waals surface area contributed by atoms with E-state index in [9.17, 15) is 18.8 Å². The first kappa shape index (κ1) is 29.8. The zero-order valence-electron chi connectivity index (χ0n) is 21.3. The zero-order chi connectivity index (χ0) is 29.0. The first-order valence-electron chi connectivity index (χ1n) is 11.9. The van der Waals surface area contributed by atoms with Crippen LogP contribution in [0.25, 0.3) is 10.9 Å². The summed E-state index contributed by atoms with van der Waals surface area (Å²) < 4.78 is 22.3. The number of aryl methyl sites for hydroxylation is 1. The topological polar surface area (TPSA) is 116 Å². The molecule has 14 heteroatoms. The summed E-state index contributed by atoms with van der Waals surface area (Å²) in [6.07, 6.45) is 3.53. The molecule has 0 spiro atoms. The Labute approximate surface area is 245 Å². The van der Waals surface area contributed by atoms with E-state index in [1.54, 1.807) is 27.7 Å². The molecule has 210 valence electrons. The summed E-state index contributed by atoms with van der Waals surface area (Å²) in [5, 5.41) is 10.2. The Bertz CT molecular complexity index is 1730. The molecule has 0 saturated carbocycles. The number of carboxylic acid groups (broad SMARTS) is 1. The van der Waals surface area contributed by atoms with E-state index in [0.29, 0.717) is 28.3 Å². The van der Waals surface area contributed by atoms with Crippen molar-refractivity contribution in [2.45, 2.75) is 37.8 Å². The fraction of sp³-hybridized carbons (Fsp3) is 0.269. The number of fused-ring (bicyclic) bond motifs is 2. The molecule has 9 nitrogen and oxygen atoms in total. The number of nitrogens with zero attached hydrogens (tertiary/aromatic N) is 4. The lowest BCUT2D eigenvalue weighted by Crippen LogP contribution is -2.31. The molecule has 1 aliphatic heterocycles. The van der Waals surface area contributed by atoms with Gasteiger partial charge in [-0.2, -0.15) is 0 Å². The molecule has 5 rings (SSSR count). The molecule has 0 saturated heterocycles. The van der Waals surface area contributed by atoms with Crippen LogP contribution < -0.4 is 9.67 Å². The van der Waals surface area contributed by atoms with Crippen LogP contribution in [0.1, 0.15) is 28.8 Å². The summed E-state index contributed by atoms with van der Waals surface area (Å²) in [4.78, 5) is 43.6. The van der Waals surface area contributed by atoms with Gasteiger partial charge in [0.1, 0.15) is 17.1 Å². The molecule has 1 aliphatic rings. The van der Waals surface area contributed by atoms with Crippen molar-refractivity contribution in [3.8, 4) is 0 Å². The minimum Gasteiger partial charge on any atom is -0.478 e. The van der Waals surface area contributed by atoms with Gasteiger partial charge in [0.25, 0.3) is 0 Å². The number of aromatic nitrogens is 3. The molecule has 0 aliphatic carbocycles. The third-order valence-corrected chi connectivity index (χ3v) is 8.47. The summed E-state index contributed by atoms with van der Waals surface area (Å²) in [6, 6.07) is 7.87. The van der Waals surface area contributed by atoms with Gasteiger partial charge in [-0.1, -0.05) is 29.3 Å². The first-order valence-corrected chi connectivity index (χ1v) is 14.5. The molecule has 4 aromatic rings. The fourth-order valence-electron chi connectivity index (χ4n) is 3.92. The highest BCUT2D eigenvalue weighted by Crippen LogP contribution is 2.33. The van der Waals surface area contributed by atoms with E-state index in [1.807, 2.05) is 13.0 Å². The van der Waals surface area contributed by atoms with Crippen LogP contribution in [-0.2, 0) is 22.6 Å². The number of aromatic carboxylic acids is 1. The Balaban J connectivity index is 0.000000210. The average molecular weight is 626 g/mol. The largest absolute Gasteiger partial charge is 0.478 e. The number of carbonyl (C=O) groups is 2. The number of benzene rings is 2. The van der Waals surface area contributed by atoms with Crippen molar-refractivity contribution < 1.29 is 23.8 Å². The first-order chi connectivity index (χ1) is 19.1. The lowest BCUT2D eigenvalue weighted by molar-refractivity contribution is -0.137. The van der Waals surface area contributed by atoms with Gasteiger partial charge in [0.2, 0.25) is 4.80 Å². The number of halogens is 3. The lowest BCUT2D eigenvalue weighted by Gasteiger charge is -2.15. The Hall–Kier alpha value is -3.19. The van der Waals surface area contributed by atoms with Crippen LogP contribution in [0.5, 0.6) is 0 Å². The van der Waals surface area contributed by atoms with Crippen LogP contribution in [0.2, 0.25) is 10.0 Å². The fourth-order valence-corrected chi connectivity index (χ4v) is 6.14. The molecule has 0 atom stereocenters. The van der Waals surface area contributed by atoms with Gasteiger partial charge in [0, 0.05) is 29.6 Å². The van der Waals surface area contributed by atoms with Crippen LogP contribution >= 0.6 is 46.3 Å². The maximum absolute atomic E-state index is 14.3. The number of thioether (sulfide) groups is 1. The molecule has 1 N–H and O–H groups in total. The summed E-state index contributed by atoms with van der Waals surface area (Å²) in [5.41, 5.74) is 1.57. The van der Waals surface area contributed by atoms with Gasteiger partial charge in [-0.3, -0.25) is 19.3 Å². The number of hydrogen-bond donors (Lipinski definition) is 1. The molecule has 0 fully saturated rings. The summed E-state index contributed by atoms with van der Waals surface area (Å²) in [6.45, 7) is 3.23. The molecular weight excluding hydrogens is 602 g/mol. The van der Waals surface area contributed by atoms with Crippen molar-refractivity contribution in [3.63, 3.8) is 0 Å². The number of ether oxygens (including phenoxy) is 1. The maximum Gasteiger partial charge on any atom is 0.339 e. The lowest BCUT2D eigenvalue weighted by atomic mass is 10.1. The van der Waals surface area contributed by atoms with Crippen LogP contribution in [0, 0.1) is 12.7 Å². The normalized spacial score (nSPS) is 13.0. The third-order valence-electron chi connectivity index (χ3n) is 5.83. The molecule has 2 aromatic carbocycles. The Morgan fingerprint density at radius 1 is 1.18 bits per heavy atom. The van der Waals surface area contributed by atoms with Gasteiger partial charge in [-0.15, -0.1) is 11.8 Å². The van der Waals surface area contributed by atoms with Crippen molar-refractivity contribution in [1.29, 1.82) is 0 Å². The second-order valence-corrected chi connectivity index (χ2v) is 11.4.